The molecule has 0 unspecified atom stereocenters. The Bertz CT molecular complexity index is 781. The fraction of sp³-hybridized carbons (Fsp3) is 0.524. The van der Waals surface area contributed by atoms with Gasteiger partial charge in [0.25, 0.3) is 0 Å². The fourth-order valence-corrected chi connectivity index (χ4v) is 4.85. The number of aromatic nitrogens is 2. The van der Waals surface area contributed by atoms with Gasteiger partial charge >= 0.3 is 0 Å². The summed E-state index contributed by atoms with van der Waals surface area (Å²) in [6.45, 7) is 8.24. The maximum atomic E-state index is 13.5. The molecule has 1 saturated carbocycles. The highest BCUT2D eigenvalue weighted by Gasteiger charge is 2.40. The van der Waals surface area contributed by atoms with Crippen LogP contribution in [0.5, 0.6) is 0 Å². The van der Waals surface area contributed by atoms with Crippen molar-refractivity contribution in [3.8, 4) is 11.3 Å². The molecule has 27 heavy (non-hydrogen) atoms. The zero-order chi connectivity index (χ0) is 19.0. The summed E-state index contributed by atoms with van der Waals surface area (Å²) in [6.07, 6.45) is 2.39. The lowest BCUT2D eigenvalue weighted by Gasteiger charge is -2.21. The zero-order valence-electron chi connectivity index (χ0n) is 15.8. The lowest BCUT2D eigenvalue weighted by atomic mass is 10.0. The van der Waals surface area contributed by atoms with Crippen LogP contribution < -0.4 is 5.32 Å². The van der Waals surface area contributed by atoms with Crippen LogP contribution in [0.4, 0.5) is 10.2 Å². The van der Waals surface area contributed by atoms with Crippen molar-refractivity contribution < 1.29 is 4.39 Å². The second kappa shape index (κ2) is 7.72. The van der Waals surface area contributed by atoms with Crippen molar-refractivity contribution in [1.29, 1.82) is 0 Å². The number of nitrogens with one attached hydrogen (secondary N) is 1. The van der Waals surface area contributed by atoms with Gasteiger partial charge in [0.2, 0.25) is 0 Å². The number of halogens is 2. The highest BCUT2D eigenvalue weighted by molar-refractivity contribution is 6.33. The van der Waals surface area contributed by atoms with Gasteiger partial charge in [-0.05, 0) is 60.9 Å². The molecule has 144 valence electrons. The number of nitrogens with zero attached hydrogens (tertiary/aromatic N) is 3. The minimum Gasteiger partial charge on any atom is -0.366 e. The third-order valence-corrected chi connectivity index (χ3v) is 6.00. The largest absolute Gasteiger partial charge is 0.366 e. The van der Waals surface area contributed by atoms with E-state index in [1.54, 1.807) is 6.07 Å². The Morgan fingerprint density at radius 1 is 1.15 bits per heavy atom. The Morgan fingerprint density at radius 2 is 1.89 bits per heavy atom. The number of anilines is 1. The molecule has 2 fully saturated rings. The van der Waals surface area contributed by atoms with Crippen molar-refractivity contribution in [2.24, 2.45) is 17.8 Å². The van der Waals surface area contributed by atoms with Gasteiger partial charge < -0.3 is 10.2 Å². The summed E-state index contributed by atoms with van der Waals surface area (Å²) in [5.74, 6) is 2.76. The molecule has 4 nitrogen and oxygen atoms in total. The first kappa shape index (κ1) is 18.6. The van der Waals surface area contributed by atoms with Crippen LogP contribution in [0.15, 0.2) is 30.3 Å². The Hall–Kier alpha value is -1.72. The molecular formula is C21H26ClFN4. The van der Waals surface area contributed by atoms with E-state index in [0.717, 1.165) is 23.6 Å². The summed E-state index contributed by atoms with van der Waals surface area (Å²) in [5.41, 5.74) is 1.15. The summed E-state index contributed by atoms with van der Waals surface area (Å²) in [4.78, 5) is 2.62. The average Bonchev–Trinajstić information content (AvgIpc) is 3.15. The maximum Gasteiger partial charge on any atom is 0.148 e. The van der Waals surface area contributed by atoms with E-state index in [2.05, 4.69) is 34.3 Å². The highest BCUT2D eigenvalue weighted by Crippen LogP contribution is 2.39. The molecule has 1 N–H and O–H groups in total. The molecule has 0 radical (unpaired) electrons. The lowest BCUT2D eigenvalue weighted by molar-refractivity contribution is 0.275. The topological polar surface area (TPSA) is 41.0 Å². The molecule has 0 amide bonds. The molecule has 2 heterocycles. The van der Waals surface area contributed by atoms with Gasteiger partial charge in [0.15, 0.2) is 0 Å². The van der Waals surface area contributed by atoms with Crippen LogP contribution in [0.1, 0.15) is 26.7 Å². The molecule has 1 aromatic heterocycles. The van der Waals surface area contributed by atoms with Crippen molar-refractivity contribution in [3.05, 3.63) is 41.2 Å². The van der Waals surface area contributed by atoms with Crippen molar-refractivity contribution in [2.75, 3.05) is 25.0 Å². The van der Waals surface area contributed by atoms with E-state index in [0.29, 0.717) is 22.3 Å². The Morgan fingerprint density at radius 3 is 2.52 bits per heavy atom. The number of hydrogen-bond donors (Lipinski definition) is 1. The molecule has 1 aliphatic carbocycles. The third kappa shape index (κ3) is 4.25. The number of hydrogen-bond acceptors (Lipinski definition) is 4. The van der Waals surface area contributed by atoms with Crippen LogP contribution in [0.25, 0.3) is 11.3 Å². The second-order valence-electron chi connectivity index (χ2n) is 8.37. The molecule has 0 bridgehead atoms. The zero-order valence-corrected chi connectivity index (χ0v) is 16.6. The van der Waals surface area contributed by atoms with Gasteiger partial charge in [-0.2, -0.15) is 0 Å². The van der Waals surface area contributed by atoms with Crippen LogP contribution in [-0.4, -0.2) is 40.8 Å². The smallest absolute Gasteiger partial charge is 0.148 e. The molecule has 3 atom stereocenters. The van der Waals surface area contributed by atoms with Gasteiger partial charge in [-0.3, -0.25) is 0 Å². The van der Waals surface area contributed by atoms with Gasteiger partial charge in [0.05, 0.1) is 10.7 Å². The van der Waals surface area contributed by atoms with Gasteiger partial charge in [-0.25, -0.2) is 4.39 Å². The molecule has 6 heteroatoms. The summed E-state index contributed by atoms with van der Waals surface area (Å²) < 4.78 is 13.5. The minimum absolute atomic E-state index is 0.331. The number of rotatable bonds is 5. The first-order valence-corrected chi connectivity index (χ1v) is 10.1. The first-order valence-electron chi connectivity index (χ1n) is 9.76. The summed E-state index contributed by atoms with van der Waals surface area (Å²) >= 11 is 6.15. The van der Waals surface area contributed by atoms with Crippen molar-refractivity contribution in [2.45, 2.75) is 32.7 Å². The number of fused-ring (bicyclic) bond motifs is 1. The van der Waals surface area contributed by atoms with E-state index >= 15 is 0 Å². The highest BCUT2D eigenvalue weighted by atomic mass is 35.5. The van der Waals surface area contributed by atoms with Crippen molar-refractivity contribution in [3.63, 3.8) is 0 Å². The van der Waals surface area contributed by atoms with Gasteiger partial charge in [-0.1, -0.05) is 25.4 Å². The molecular weight excluding hydrogens is 363 g/mol. The van der Waals surface area contributed by atoms with E-state index in [1.165, 1.54) is 44.6 Å². The van der Waals surface area contributed by atoms with Crippen LogP contribution >= 0.6 is 11.6 Å². The Kier molecular flexibility index (Phi) is 5.33. The molecule has 2 aliphatic rings. The van der Waals surface area contributed by atoms with Crippen LogP contribution in [0.3, 0.4) is 0 Å². The molecule has 0 spiro atoms. The molecule has 4 rings (SSSR count). The summed E-state index contributed by atoms with van der Waals surface area (Å²) in [6, 6.07) is 8.48. The Balaban J connectivity index is 1.36. The summed E-state index contributed by atoms with van der Waals surface area (Å²) in [7, 11) is 0. The van der Waals surface area contributed by atoms with Crippen LogP contribution in [-0.2, 0) is 0 Å². The van der Waals surface area contributed by atoms with Crippen LogP contribution in [0, 0.1) is 23.6 Å². The van der Waals surface area contributed by atoms with Gasteiger partial charge in [0, 0.05) is 31.2 Å². The molecule has 1 aromatic carbocycles. The normalized spacial score (nSPS) is 25.1. The third-order valence-electron chi connectivity index (χ3n) is 5.67. The lowest BCUT2D eigenvalue weighted by Crippen LogP contribution is -2.28. The molecule has 2 aromatic rings. The molecule has 1 aliphatic heterocycles. The quantitative estimate of drug-likeness (QED) is 0.805. The first-order chi connectivity index (χ1) is 13.0. The molecule has 1 saturated heterocycles. The standard InChI is InChI=1S/C21H26ClFN4/c1-13(2)10-27-11-14-7-17(8-15(14)12-27)24-21-6-5-20(25-26-21)18-9-16(23)3-4-19(18)22/h3-6,9,13-15,17H,7-8,10-12H2,1-2H3,(H,24,26)/t14-,15+,17+. The van der Waals surface area contributed by atoms with E-state index in [1.807, 2.05) is 12.1 Å². The number of likely N-dealkylation sites (tertiary alicyclic amines) is 1. The SMILES string of the molecule is CC(C)CN1C[C@H]2C[C@H](Nc3ccc(-c4cc(F)ccc4Cl)nn3)C[C@H]2C1. The van der Waals surface area contributed by atoms with Crippen molar-refractivity contribution in [1.82, 2.24) is 15.1 Å². The van der Waals surface area contributed by atoms with E-state index < -0.39 is 0 Å². The number of benzene rings is 1. The minimum atomic E-state index is -0.331. The Labute approximate surface area is 165 Å². The second-order valence-corrected chi connectivity index (χ2v) is 8.78. The van der Waals surface area contributed by atoms with E-state index in [4.69, 9.17) is 11.6 Å². The average molecular weight is 389 g/mol. The maximum absolute atomic E-state index is 13.5. The predicted octanol–water partition coefficient (Wildman–Crippen LogP) is 4.71. The fourth-order valence-electron chi connectivity index (χ4n) is 4.64. The van der Waals surface area contributed by atoms with Crippen molar-refractivity contribution >= 4 is 17.4 Å². The van der Waals surface area contributed by atoms with E-state index in [9.17, 15) is 4.39 Å². The predicted molar refractivity (Wildman–Crippen MR) is 107 cm³/mol. The monoisotopic (exact) mass is 388 g/mol. The van der Waals surface area contributed by atoms with E-state index in [-0.39, 0.29) is 5.82 Å². The van der Waals surface area contributed by atoms with Gasteiger partial charge in [0.1, 0.15) is 11.6 Å². The van der Waals surface area contributed by atoms with Gasteiger partial charge in [-0.15, -0.1) is 10.2 Å². The van der Waals surface area contributed by atoms with Crippen LogP contribution in [0.2, 0.25) is 5.02 Å². The summed E-state index contributed by atoms with van der Waals surface area (Å²) in [5, 5.41) is 12.5.